The van der Waals surface area contributed by atoms with Crippen molar-refractivity contribution in [3.63, 3.8) is 0 Å². The van der Waals surface area contributed by atoms with Gasteiger partial charge in [-0.2, -0.15) is 0 Å². The Bertz CT molecular complexity index is 533. The van der Waals surface area contributed by atoms with E-state index in [0.717, 1.165) is 51.5 Å². The van der Waals surface area contributed by atoms with Gasteiger partial charge in [0.2, 0.25) is 0 Å². The van der Waals surface area contributed by atoms with Gasteiger partial charge in [0, 0.05) is 52.0 Å². The molecular formula is C17H24N4O2. The number of pyridine rings is 1. The summed E-state index contributed by atoms with van der Waals surface area (Å²) in [4.78, 5) is 23.5. The first-order valence-electron chi connectivity index (χ1n) is 8.53. The van der Waals surface area contributed by atoms with Crippen molar-refractivity contribution < 1.29 is 9.53 Å². The minimum absolute atomic E-state index is 0.207. The molecule has 6 heteroatoms. The van der Waals surface area contributed by atoms with Crippen molar-refractivity contribution in [2.45, 2.75) is 6.54 Å². The van der Waals surface area contributed by atoms with Crippen molar-refractivity contribution in [2.24, 2.45) is 11.8 Å². The Morgan fingerprint density at radius 3 is 2.48 bits per heavy atom. The molecule has 0 aromatic carbocycles. The van der Waals surface area contributed by atoms with Crippen LogP contribution in [0.15, 0.2) is 24.4 Å². The Morgan fingerprint density at radius 1 is 1.09 bits per heavy atom. The molecule has 0 N–H and O–H groups in total. The van der Waals surface area contributed by atoms with Crippen LogP contribution in [0, 0.1) is 11.8 Å². The first-order chi connectivity index (χ1) is 11.3. The molecular weight excluding hydrogens is 292 g/mol. The zero-order valence-electron chi connectivity index (χ0n) is 13.4. The van der Waals surface area contributed by atoms with Crippen LogP contribution in [-0.2, 0) is 11.3 Å². The molecule has 0 spiro atoms. The second-order valence-corrected chi connectivity index (χ2v) is 6.82. The van der Waals surface area contributed by atoms with E-state index >= 15 is 0 Å². The fraction of sp³-hybridized carbons (Fsp3) is 0.647. The predicted octanol–water partition coefficient (Wildman–Crippen LogP) is 0.897. The lowest BCUT2D eigenvalue weighted by Crippen LogP contribution is -2.48. The number of hydrogen-bond acceptors (Lipinski definition) is 4. The van der Waals surface area contributed by atoms with Gasteiger partial charge in [-0.3, -0.25) is 9.88 Å². The summed E-state index contributed by atoms with van der Waals surface area (Å²) in [5, 5.41) is 0. The van der Waals surface area contributed by atoms with Gasteiger partial charge in [-0.15, -0.1) is 0 Å². The van der Waals surface area contributed by atoms with Crippen molar-refractivity contribution in [1.82, 2.24) is 19.7 Å². The summed E-state index contributed by atoms with van der Waals surface area (Å²) >= 11 is 0. The first kappa shape index (κ1) is 14.9. The molecule has 0 bridgehead atoms. The Labute approximate surface area is 137 Å². The van der Waals surface area contributed by atoms with E-state index in [4.69, 9.17) is 4.74 Å². The van der Waals surface area contributed by atoms with E-state index in [1.807, 2.05) is 23.2 Å². The molecule has 124 valence electrons. The quantitative estimate of drug-likeness (QED) is 0.813. The molecule has 0 unspecified atom stereocenters. The van der Waals surface area contributed by atoms with E-state index in [1.165, 1.54) is 0 Å². The van der Waals surface area contributed by atoms with E-state index in [2.05, 4.69) is 20.9 Å². The highest BCUT2D eigenvalue weighted by atomic mass is 16.5. The molecule has 1 aromatic rings. The van der Waals surface area contributed by atoms with Gasteiger partial charge in [-0.05, 0) is 24.0 Å². The topological polar surface area (TPSA) is 48.9 Å². The molecule has 0 radical (unpaired) electrons. The first-order valence-corrected chi connectivity index (χ1v) is 8.53. The monoisotopic (exact) mass is 316 g/mol. The molecule has 3 aliphatic rings. The summed E-state index contributed by atoms with van der Waals surface area (Å²) in [6.07, 6.45) is 1.86. The molecule has 0 saturated carbocycles. The number of fused-ring (bicyclic) bond motifs is 1. The largest absolute Gasteiger partial charge is 0.378 e. The van der Waals surface area contributed by atoms with E-state index in [0.29, 0.717) is 25.0 Å². The number of ether oxygens (including phenoxy) is 1. The van der Waals surface area contributed by atoms with Crippen LogP contribution in [0.4, 0.5) is 4.79 Å². The van der Waals surface area contributed by atoms with Gasteiger partial charge in [0.15, 0.2) is 0 Å². The smallest absolute Gasteiger partial charge is 0.320 e. The van der Waals surface area contributed by atoms with Crippen LogP contribution in [-0.4, -0.2) is 78.2 Å². The van der Waals surface area contributed by atoms with Gasteiger partial charge in [0.05, 0.1) is 18.9 Å². The average molecular weight is 316 g/mol. The molecule has 1 aromatic heterocycles. The van der Waals surface area contributed by atoms with Gasteiger partial charge in [-0.25, -0.2) is 4.79 Å². The summed E-state index contributed by atoms with van der Waals surface area (Å²) in [7, 11) is 0. The highest BCUT2D eigenvalue weighted by molar-refractivity contribution is 5.75. The summed E-state index contributed by atoms with van der Waals surface area (Å²) in [5.41, 5.74) is 1.13. The van der Waals surface area contributed by atoms with Crippen molar-refractivity contribution in [1.29, 1.82) is 0 Å². The fourth-order valence-corrected chi connectivity index (χ4v) is 4.05. The Morgan fingerprint density at radius 2 is 1.83 bits per heavy atom. The molecule has 23 heavy (non-hydrogen) atoms. The summed E-state index contributed by atoms with van der Waals surface area (Å²) in [5.74, 6) is 1.23. The SMILES string of the molecule is O=C(N1CCOCC1)N1C[C@H]2CN(Cc3ccccn3)C[C@H]2C1. The number of nitrogens with zero attached hydrogens (tertiary/aromatic N) is 4. The zero-order valence-corrected chi connectivity index (χ0v) is 13.4. The van der Waals surface area contributed by atoms with E-state index in [1.54, 1.807) is 0 Å². The van der Waals surface area contributed by atoms with E-state index in [-0.39, 0.29) is 6.03 Å². The second kappa shape index (κ2) is 6.45. The third-order valence-corrected chi connectivity index (χ3v) is 5.23. The molecule has 3 fully saturated rings. The fourth-order valence-electron chi connectivity index (χ4n) is 4.05. The van der Waals surface area contributed by atoms with Crippen LogP contribution >= 0.6 is 0 Å². The number of aromatic nitrogens is 1. The number of likely N-dealkylation sites (tertiary alicyclic amines) is 2. The van der Waals surface area contributed by atoms with E-state index in [9.17, 15) is 4.79 Å². The maximum absolute atomic E-state index is 12.6. The predicted molar refractivity (Wildman–Crippen MR) is 85.9 cm³/mol. The van der Waals surface area contributed by atoms with Crippen molar-refractivity contribution >= 4 is 6.03 Å². The van der Waals surface area contributed by atoms with Gasteiger partial charge in [0.25, 0.3) is 0 Å². The summed E-state index contributed by atoms with van der Waals surface area (Å²) < 4.78 is 5.33. The maximum Gasteiger partial charge on any atom is 0.320 e. The highest BCUT2D eigenvalue weighted by Gasteiger charge is 2.42. The second-order valence-electron chi connectivity index (χ2n) is 6.82. The summed E-state index contributed by atoms with van der Waals surface area (Å²) in [6.45, 7) is 7.69. The van der Waals surface area contributed by atoms with Crippen molar-refractivity contribution in [2.75, 3.05) is 52.5 Å². The number of carbonyl (C=O) groups is 1. The number of morpholine rings is 1. The summed E-state index contributed by atoms with van der Waals surface area (Å²) in [6, 6.07) is 6.29. The highest BCUT2D eigenvalue weighted by Crippen LogP contribution is 2.32. The van der Waals surface area contributed by atoms with Gasteiger partial charge >= 0.3 is 6.03 Å². The minimum Gasteiger partial charge on any atom is -0.378 e. The number of carbonyl (C=O) groups excluding carboxylic acids is 1. The Hall–Kier alpha value is -1.66. The lowest BCUT2D eigenvalue weighted by molar-refractivity contribution is 0.0443. The van der Waals surface area contributed by atoms with Gasteiger partial charge in [0.1, 0.15) is 0 Å². The van der Waals surface area contributed by atoms with Crippen LogP contribution < -0.4 is 0 Å². The van der Waals surface area contributed by atoms with Gasteiger partial charge < -0.3 is 14.5 Å². The number of hydrogen-bond donors (Lipinski definition) is 0. The standard InChI is InChI=1S/C17H24N4O2/c22-17(20-5-7-23-8-6-20)21-11-14-9-19(10-15(14)12-21)13-16-3-1-2-4-18-16/h1-4,14-15H,5-13H2/t14-,15+. The maximum atomic E-state index is 12.6. The van der Waals surface area contributed by atoms with Crippen LogP contribution in [0.25, 0.3) is 0 Å². The molecule has 4 rings (SSSR count). The number of rotatable bonds is 2. The molecule has 3 saturated heterocycles. The third kappa shape index (κ3) is 3.19. The molecule has 2 atom stereocenters. The zero-order chi connectivity index (χ0) is 15.6. The van der Waals surface area contributed by atoms with E-state index < -0.39 is 0 Å². The van der Waals surface area contributed by atoms with Crippen LogP contribution in [0.2, 0.25) is 0 Å². The molecule has 6 nitrogen and oxygen atoms in total. The normalized spacial score (nSPS) is 28.2. The van der Waals surface area contributed by atoms with Crippen LogP contribution in [0.3, 0.4) is 0 Å². The number of amides is 2. The lowest BCUT2D eigenvalue weighted by atomic mass is 10.0. The number of urea groups is 1. The Balaban J connectivity index is 1.30. The third-order valence-electron chi connectivity index (χ3n) is 5.23. The minimum atomic E-state index is 0.207. The van der Waals surface area contributed by atoms with Crippen molar-refractivity contribution in [3.05, 3.63) is 30.1 Å². The molecule has 2 amide bonds. The molecule has 4 heterocycles. The van der Waals surface area contributed by atoms with Crippen molar-refractivity contribution in [3.8, 4) is 0 Å². The average Bonchev–Trinajstić information content (AvgIpc) is 3.14. The Kier molecular flexibility index (Phi) is 4.18. The molecule has 3 aliphatic heterocycles. The molecule has 0 aliphatic carbocycles. The van der Waals surface area contributed by atoms with Crippen LogP contribution in [0.5, 0.6) is 0 Å². The van der Waals surface area contributed by atoms with Crippen LogP contribution in [0.1, 0.15) is 5.69 Å². The van der Waals surface area contributed by atoms with Gasteiger partial charge in [-0.1, -0.05) is 6.07 Å². The lowest BCUT2D eigenvalue weighted by Gasteiger charge is -2.31.